The molecule has 3 N–H and O–H groups in total. The lowest BCUT2D eigenvalue weighted by Crippen LogP contribution is -2.46. The molecule has 3 unspecified atom stereocenters. The highest BCUT2D eigenvalue weighted by molar-refractivity contribution is 5.31. The summed E-state index contributed by atoms with van der Waals surface area (Å²) < 4.78 is 0. The minimum atomic E-state index is 0.216. The van der Waals surface area contributed by atoms with Crippen LogP contribution in [0.5, 0.6) is 0 Å². The quantitative estimate of drug-likeness (QED) is 0.883. The number of aromatic amines is 1. The average Bonchev–Trinajstić information content (AvgIpc) is 2.91. The average molecular weight is 275 g/mol. The van der Waals surface area contributed by atoms with Gasteiger partial charge in [0.05, 0.1) is 0 Å². The molecule has 3 atom stereocenters. The van der Waals surface area contributed by atoms with Crippen LogP contribution in [0.3, 0.4) is 0 Å². The summed E-state index contributed by atoms with van der Waals surface area (Å²) in [5.74, 6) is 4.62. The summed E-state index contributed by atoms with van der Waals surface area (Å²) in [6.07, 6.45) is 6.49. The van der Waals surface area contributed by atoms with Crippen LogP contribution in [0.25, 0.3) is 0 Å². The van der Waals surface area contributed by atoms with Crippen LogP contribution >= 0.6 is 0 Å². The van der Waals surface area contributed by atoms with Crippen LogP contribution in [0.2, 0.25) is 0 Å². The van der Waals surface area contributed by atoms with Crippen molar-refractivity contribution in [3.05, 3.63) is 5.82 Å². The number of nitrogens with zero attached hydrogens (tertiary/aromatic N) is 3. The third-order valence-electron chi connectivity index (χ3n) is 5.68. The SMILES string of the molecule is CC1(CN)CCCN(c2n[nH]c(C3CC4CC4C3)n2)C1. The largest absolute Gasteiger partial charge is 0.339 e. The molecular formula is C15H25N5. The highest BCUT2D eigenvalue weighted by Crippen LogP contribution is 2.57. The van der Waals surface area contributed by atoms with Crippen LogP contribution in [-0.4, -0.2) is 34.8 Å². The lowest BCUT2D eigenvalue weighted by atomic mass is 9.82. The lowest BCUT2D eigenvalue weighted by molar-refractivity contribution is 0.270. The fourth-order valence-electron chi connectivity index (χ4n) is 4.18. The first kappa shape index (κ1) is 12.6. The van der Waals surface area contributed by atoms with E-state index in [1.807, 2.05) is 0 Å². The van der Waals surface area contributed by atoms with Crippen LogP contribution in [0.4, 0.5) is 5.95 Å². The molecule has 2 aliphatic carbocycles. The van der Waals surface area contributed by atoms with E-state index in [1.54, 1.807) is 0 Å². The number of anilines is 1. The van der Waals surface area contributed by atoms with Gasteiger partial charge in [-0.05, 0) is 55.9 Å². The zero-order chi connectivity index (χ0) is 13.7. The molecule has 3 aliphatic rings. The molecule has 1 aliphatic heterocycles. The second-order valence-corrected chi connectivity index (χ2v) is 7.48. The van der Waals surface area contributed by atoms with Crippen molar-refractivity contribution >= 4 is 5.95 Å². The van der Waals surface area contributed by atoms with E-state index in [9.17, 15) is 0 Å². The van der Waals surface area contributed by atoms with Gasteiger partial charge in [0.25, 0.3) is 0 Å². The van der Waals surface area contributed by atoms with Crippen molar-refractivity contribution in [2.75, 3.05) is 24.5 Å². The van der Waals surface area contributed by atoms with Gasteiger partial charge < -0.3 is 10.6 Å². The van der Waals surface area contributed by atoms with Crippen LogP contribution in [0.1, 0.15) is 50.8 Å². The van der Waals surface area contributed by atoms with E-state index in [0.717, 1.165) is 43.2 Å². The van der Waals surface area contributed by atoms with Gasteiger partial charge in [0.1, 0.15) is 5.82 Å². The first-order chi connectivity index (χ1) is 9.67. The fourth-order valence-corrected chi connectivity index (χ4v) is 4.18. The van der Waals surface area contributed by atoms with Gasteiger partial charge in [-0.3, -0.25) is 5.10 Å². The minimum absolute atomic E-state index is 0.216. The predicted molar refractivity (Wildman–Crippen MR) is 78.6 cm³/mol. The fraction of sp³-hybridized carbons (Fsp3) is 0.867. The van der Waals surface area contributed by atoms with E-state index in [-0.39, 0.29) is 5.41 Å². The molecular weight excluding hydrogens is 250 g/mol. The normalized spacial score (nSPS) is 39.9. The molecule has 0 bridgehead atoms. The third kappa shape index (κ3) is 2.12. The highest BCUT2D eigenvalue weighted by atomic mass is 15.4. The van der Waals surface area contributed by atoms with Crippen LogP contribution in [0.15, 0.2) is 0 Å². The first-order valence-electron chi connectivity index (χ1n) is 8.04. The van der Waals surface area contributed by atoms with Gasteiger partial charge in [0.2, 0.25) is 5.95 Å². The zero-order valence-electron chi connectivity index (χ0n) is 12.3. The molecule has 5 heteroatoms. The second kappa shape index (κ2) is 4.45. The molecule has 2 saturated carbocycles. The zero-order valence-corrected chi connectivity index (χ0v) is 12.3. The van der Waals surface area contributed by atoms with E-state index < -0.39 is 0 Å². The number of nitrogens with two attached hydrogens (primary N) is 1. The van der Waals surface area contributed by atoms with Crippen molar-refractivity contribution in [2.24, 2.45) is 23.0 Å². The van der Waals surface area contributed by atoms with Gasteiger partial charge in [0, 0.05) is 19.0 Å². The Kier molecular flexibility index (Phi) is 2.81. The summed E-state index contributed by atoms with van der Waals surface area (Å²) in [6, 6.07) is 0. The molecule has 1 aromatic rings. The van der Waals surface area contributed by atoms with Crippen molar-refractivity contribution in [2.45, 2.75) is 44.9 Å². The van der Waals surface area contributed by atoms with E-state index in [0.29, 0.717) is 5.92 Å². The molecule has 110 valence electrons. The van der Waals surface area contributed by atoms with Gasteiger partial charge in [-0.1, -0.05) is 6.92 Å². The number of hydrogen-bond donors (Lipinski definition) is 2. The van der Waals surface area contributed by atoms with Gasteiger partial charge in [-0.25, -0.2) is 0 Å². The van der Waals surface area contributed by atoms with Crippen LogP contribution < -0.4 is 10.6 Å². The Labute approximate surface area is 120 Å². The summed E-state index contributed by atoms with van der Waals surface area (Å²) in [6.45, 7) is 5.06. The predicted octanol–water partition coefficient (Wildman–Crippen LogP) is 1.88. The maximum atomic E-state index is 5.93. The Morgan fingerprint density at radius 1 is 1.35 bits per heavy atom. The molecule has 1 saturated heterocycles. The van der Waals surface area contributed by atoms with Crippen molar-refractivity contribution in [1.82, 2.24) is 15.2 Å². The van der Waals surface area contributed by atoms with Crippen molar-refractivity contribution < 1.29 is 0 Å². The molecule has 3 fully saturated rings. The Bertz CT molecular complexity index is 488. The second-order valence-electron chi connectivity index (χ2n) is 7.48. The van der Waals surface area contributed by atoms with Crippen LogP contribution in [-0.2, 0) is 0 Å². The molecule has 0 amide bonds. The van der Waals surface area contributed by atoms with Gasteiger partial charge >= 0.3 is 0 Å². The number of fused-ring (bicyclic) bond motifs is 1. The van der Waals surface area contributed by atoms with Gasteiger partial charge in [-0.2, -0.15) is 4.98 Å². The monoisotopic (exact) mass is 275 g/mol. The Morgan fingerprint density at radius 2 is 2.15 bits per heavy atom. The number of H-pyrrole nitrogens is 1. The lowest BCUT2D eigenvalue weighted by Gasteiger charge is -2.39. The van der Waals surface area contributed by atoms with E-state index in [4.69, 9.17) is 10.7 Å². The highest BCUT2D eigenvalue weighted by Gasteiger charge is 2.47. The van der Waals surface area contributed by atoms with Crippen LogP contribution in [0, 0.1) is 17.3 Å². The van der Waals surface area contributed by atoms with Gasteiger partial charge in [-0.15, -0.1) is 5.10 Å². The number of aromatic nitrogens is 3. The van der Waals surface area contributed by atoms with E-state index in [1.165, 1.54) is 32.1 Å². The third-order valence-corrected chi connectivity index (χ3v) is 5.68. The summed E-state index contributed by atoms with van der Waals surface area (Å²) in [7, 11) is 0. The van der Waals surface area contributed by atoms with Crippen molar-refractivity contribution in [3.8, 4) is 0 Å². The molecule has 2 heterocycles. The Balaban J connectivity index is 1.47. The molecule has 5 nitrogen and oxygen atoms in total. The maximum Gasteiger partial charge on any atom is 0.244 e. The summed E-state index contributed by atoms with van der Waals surface area (Å²) in [5, 5.41) is 7.67. The summed E-state index contributed by atoms with van der Waals surface area (Å²) in [5.41, 5.74) is 6.14. The number of hydrogen-bond acceptors (Lipinski definition) is 4. The first-order valence-corrected chi connectivity index (χ1v) is 8.04. The maximum absolute atomic E-state index is 5.93. The van der Waals surface area contributed by atoms with E-state index >= 15 is 0 Å². The van der Waals surface area contributed by atoms with Crippen molar-refractivity contribution in [1.29, 1.82) is 0 Å². The van der Waals surface area contributed by atoms with E-state index in [2.05, 4.69) is 22.0 Å². The Morgan fingerprint density at radius 3 is 2.90 bits per heavy atom. The standard InChI is InChI=1S/C15H25N5/c1-15(8-16)3-2-4-20(9-15)14-17-13(18-19-14)12-6-10-5-11(10)7-12/h10-12H,2-9,16H2,1H3,(H,17,18,19). The molecule has 0 radical (unpaired) electrons. The molecule has 20 heavy (non-hydrogen) atoms. The molecule has 0 aromatic carbocycles. The number of piperidine rings is 1. The summed E-state index contributed by atoms with van der Waals surface area (Å²) >= 11 is 0. The summed E-state index contributed by atoms with van der Waals surface area (Å²) in [4.78, 5) is 7.10. The minimum Gasteiger partial charge on any atom is -0.339 e. The number of nitrogens with one attached hydrogen (secondary N) is 1. The smallest absolute Gasteiger partial charge is 0.244 e. The molecule has 4 rings (SSSR count). The number of rotatable bonds is 3. The molecule has 1 aromatic heterocycles. The Hall–Kier alpha value is -1.10. The van der Waals surface area contributed by atoms with Gasteiger partial charge in [0.15, 0.2) is 0 Å². The molecule has 0 spiro atoms. The van der Waals surface area contributed by atoms with Crippen molar-refractivity contribution in [3.63, 3.8) is 0 Å². The topological polar surface area (TPSA) is 70.8 Å².